The van der Waals surface area contributed by atoms with Gasteiger partial charge in [-0.1, -0.05) is 0 Å². The molecule has 1 aliphatic carbocycles. The van der Waals surface area contributed by atoms with Crippen molar-refractivity contribution >= 4 is 17.7 Å². The number of rotatable bonds is 4. The van der Waals surface area contributed by atoms with E-state index in [9.17, 15) is 4.79 Å². The maximum Gasteiger partial charge on any atom is 0.335 e. The number of ether oxygens (including phenoxy) is 1. The van der Waals surface area contributed by atoms with Crippen molar-refractivity contribution in [2.24, 2.45) is 0 Å². The molecular weight excluding hydrogens is 254 g/mol. The van der Waals surface area contributed by atoms with E-state index in [4.69, 9.17) is 21.6 Å². The third-order valence-electron chi connectivity index (χ3n) is 3.23. The highest BCUT2D eigenvalue weighted by Crippen LogP contribution is 2.24. The highest BCUT2D eigenvalue weighted by Gasteiger charge is 2.21. The largest absolute Gasteiger partial charge is 0.490 e. The molecule has 0 aliphatic heterocycles. The SMILES string of the molecule is O=C(O)c1ccc(O[C@H]2CC[C@H](NCl)CC2)cc1. The molecule has 0 aromatic heterocycles. The lowest BCUT2D eigenvalue weighted by Gasteiger charge is -2.27. The third kappa shape index (κ3) is 3.37. The lowest BCUT2D eigenvalue weighted by molar-refractivity contribution is 0.0697. The summed E-state index contributed by atoms with van der Waals surface area (Å²) in [5.74, 6) is -0.197. The molecule has 0 unspecified atom stereocenters. The van der Waals surface area contributed by atoms with Gasteiger partial charge in [0.25, 0.3) is 0 Å². The minimum Gasteiger partial charge on any atom is -0.490 e. The summed E-state index contributed by atoms with van der Waals surface area (Å²) in [5, 5.41) is 8.79. The summed E-state index contributed by atoms with van der Waals surface area (Å²) in [6.45, 7) is 0. The minimum atomic E-state index is -0.921. The van der Waals surface area contributed by atoms with E-state index in [-0.39, 0.29) is 11.7 Å². The van der Waals surface area contributed by atoms with Gasteiger partial charge >= 0.3 is 5.97 Å². The van der Waals surface area contributed by atoms with Gasteiger partial charge in [0, 0.05) is 6.04 Å². The molecule has 0 heterocycles. The highest BCUT2D eigenvalue weighted by atomic mass is 35.5. The zero-order valence-electron chi connectivity index (χ0n) is 9.93. The molecule has 0 spiro atoms. The zero-order chi connectivity index (χ0) is 13.0. The molecule has 18 heavy (non-hydrogen) atoms. The first-order valence-corrected chi connectivity index (χ1v) is 6.43. The van der Waals surface area contributed by atoms with E-state index in [1.165, 1.54) is 0 Å². The molecule has 5 heteroatoms. The van der Waals surface area contributed by atoms with Gasteiger partial charge in [0.05, 0.1) is 11.7 Å². The number of nitrogens with one attached hydrogen (secondary N) is 1. The Bertz CT molecular complexity index is 399. The summed E-state index contributed by atoms with van der Waals surface area (Å²) in [4.78, 5) is 13.5. The Morgan fingerprint density at radius 3 is 2.33 bits per heavy atom. The molecule has 2 N–H and O–H groups in total. The molecule has 0 saturated heterocycles. The Morgan fingerprint density at radius 2 is 1.83 bits per heavy atom. The lowest BCUT2D eigenvalue weighted by atomic mass is 9.94. The number of carboxylic acid groups (broad SMARTS) is 1. The third-order valence-corrected chi connectivity index (χ3v) is 3.54. The molecule has 0 atom stereocenters. The summed E-state index contributed by atoms with van der Waals surface area (Å²) in [5.41, 5.74) is 0.275. The topological polar surface area (TPSA) is 58.6 Å². The fourth-order valence-electron chi connectivity index (χ4n) is 2.16. The monoisotopic (exact) mass is 269 g/mol. The van der Waals surface area contributed by atoms with Crippen LogP contribution in [0.3, 0.4) is 0 Å². The summed E-state index contributed by atoms with van der Waals surface area (Å²) < 4.78 is 5.82. The molecule has 1 aromatic rings. The van der Waals surface area contributed by atoms with Crippen LogP contribution in [0, 0.1) is 0 Å². The average molecular weight is 270 g/mol. The number of hydrogen-bond acceptors (Lipinski definition) is 3. The van der Waals surface area contributed by atoms with Crippen LogP contribution in [0.15, 0.2) is 24.3 Å². The van der Waals surface area contributed by atoms with Crippen LogP contribution in [0.5, 0.6) is 5.75 Å². The smallest absolute Gasteiger partial charge is 0.335 e. The fraction of sp³-hybridized carbons (Fsp3) is 0.462. The molecular formula is C13H16ClNO3. The fourth-order valence-corrected chi connectivity index (χ4v) is 2.38. The van der Waals surface area contributed by atoms with Crippen LogP contribution in [0.2, 0.25) is 0 Å². The Hall–Kier alpha value is -1.26. The van der Waals surface area contributed by atoms with Crippen molar-refractivity contribution in [1.82, 2.24) is 4.84 Å². The molecule has 1 aromatic carbocycles. The van der Waals surface area contributed by atoms with Gasteiger partial charge < -0.3 is 9.84 Å². The van der Waals surface area contributed by atoms with Crippen molar-refractivity contribution < 1.29 is 14.6 Å². The van der Waals surface area contributed by atoms with E-state index in [0.29, 0.717) is 6.04 Å². The van der Waals surface area contributed by atoms with Crippen molar-refractivity contribution in [1.29, 1.82) is 0 Å². The quantitative estimate of drug-likeness (QED) is 0.825. The van der Waals surface area contributed by atoms with Crippen LogP contribution in [-0.2, 0) is 0 Å². The number of halogens is 1. The molecule has 4 nitrogen and oxygen atoms in total. The number of benzene rings is 1. The predicted molar refractivity (Wildman–Crippen MR) is 69.1 cm³/mol. The van der Waals surface area contributed by atoms with E-state index < -0.39 is 5.97 Å². The Labute approximate surface area is 111 Å². The number of aromatic carboxylic acids is 1. The Kier molecular flexibility index (Phi) is 4.44. The molecule has 2 rings (SSSR count). The van der Waals surface area contributed by atoms with Crippen LogP contribution in [0.4, 0.5) is 0 Å². The van der Waals surface area contributed by atoms with E-state index in [1.807, 2.05) is 0 Å². The van der Waals surface area contributed by atoms with Gasteiger partial charge in [-0.25, -0.2) is 9.63 Å². The first-order chi connectivity index (χ1) is 8.69. The standard InChI is InChI=1S/C13H16ClNO3/c14-15-10-3-7-12(8-4-10)18-11-5-1-9(2-6-11)13(16)17/h1-2,5-6,10,12,15H,3-4,7-8H2,(H,16,17)/t10-,12-. The molecule has 1 fully saturated rings. The lowest BCUT2D eigenvalue weighted by Crippen LogP contribution is -2.31. The van der Waals surface area contributed by atoms with Gasteiger partial charge in [-0.05, 0) is 61.7 Å². The average Bonchev–Trinajstić information content (AvgIpc) is 2.40. The van der Waals surface area contributed by atoms with E-state index in [1.54, 1.807) is 24.3 Å². The number of hydrogen-bond donors (Lipinski definition) is 2. The maximum absolute atomic E-state index is 10.7. The second-order valence-electron chi connectivity index (χ2n) is 4.53. The minimum absolute atomic E-state index is 0.196. The highest BCUT2D eigenvalue weighted by molar-refractivity contribution is 6.13. The van der Waals surface area contributed by atoms with Crippen LogP contribution in [-0.4, -0.2) is 23.2 Å². The van der Waals surface area contributed by atoms with Gasteiger partial charge in [0.1, 0.15) is 5.75 Å². The van der Waals surface area contributed by atoms with Gasteiger partial charge in [0.15, 0.2) is 0 Å². The first-order valence-electron chi connectivity index (χ1n) is 6.05. The van der Waals surface area contributed by atoms with E-state index >= 15 is 0 Å². The van der Waals surface area contributed by atoms with Crippen molar-refractivity contribution in [3.05, 3.63) is 29.8 Å². The summed E-state index contributed by atoms with van der Waals surface area (Å²) in [6.07, 6.45) is 4.13. The second kappa shape index (κ2) is 6.07. The van der Waals surface area contributed by atoms with Crippen LogP contribution >= 0.6 is 11.8 Å². The Balaban J connectivity index is 1.88. The molecule has 1 aliphatic rings. The van der Waals surface area contributed by atoms with Gasteiger partial charge in [-0.2, -0.15) is 0 Å². The molecule has 0 radical (unpaired) electrons. The van der Waals surface area contributed by atoms with Gasteiger partial charge in [-0.3, -0.25) is 0 Å². The predicted octanol–water partition coefficient (Wildman–Crippen LogP) is 2.82. The van der Waals surface area contributed by atoms with Gasteiger partial charge in [0.2, 0.25) is 0 Å². The summed E-state index contributed by atoms with van der Waals surface area (Å²) >= 11 is 5.59. The first kappa shape index (κ1) is 13.2. The molecule has 0 amide bonds. The second-order valence-corrected chi connectivity index (χ2v) is 4.75. The van der Waals surface area contributed by atoms with E-state index in [0.717, 1.165) is 31.4 Å². The summed E-state index contributed by atoms with van der Waals surface area (Å²) in [6, 6.07) is 6.90. The summed E-state index contributed by atoms with van der Waals surface area (Å²) in [7, 11) is 0. The number of carbonyl (C=O) groups is 1. The van der Waals surface area contributed by atoms with Crippen molar-refractivity contribution in [2.45, 2.75) is 37.8 Å². The molecule has 0 bridgehead atoms. The number of carboxylic acids is 1. The molecule has 98 valence electrons. The van der Waals surface area contributed by atoms with E-state index in [2.05, 4.69) is 4.84 Å². The Morgan fingerprint density at radius 1 is 1.22 bits per heavy atom. The van der Waals surface area contributed by atoms with Gasteiger partial charge in [-0.15, -0.1) is 0 Å². The maximum atomic E-state index is 10.7. The van der Waals surface area contributed by atoms with Crippen molar-refractivity contribution in [2.75, 3.05) is 0 Å². The normalized spacial score (nSPS) is 23.6. The van der Waals surface area contributed by atoms with Crippen LogP contribution < -0.4 is 9.57 Å². The van der Waals surface area contributed by atoms with Crippen molar-refractivity contribution in [3.8, 4) is 5.75 Å². The van der Waals surface area contributed by atoms with Crippen molar-refractivity contribution in [3.63, 3.8) is 0 Å². The van der Waals surface area contributed by atoms with Crippen LogP contribution in [0.1, 0.15) is 36.0 Å². The van der Waals surface area contributed by atoms with Crippen LogP contribution in [0.25, 0.3) is 0 Å². The molecule has 1 saturated carbocycles. The zero-order valence-corrected chi connectivity index (χ0v) is 10.7.